The summed E-state index contributed by atoms with van der Waals surface area (Å²) in [6.07, 6.45) is 0. The highest BCUT2D eigenvalue weighted by Crippen LogP contribution is 2.14. The van der Waals surface area contributed by atoms with Crippen LogP contribution in [0.1, 0.15) is 10.4 Å². The minimum Gasteiger partial charge on any atom is -0.350 e. The summed E-state index contributed by atoms with van der Waals surface area (Å²) in [4.78, 5) is 20.7. The first kappa shape index (κ1) is 16.0. The third-order valence-corrected chi connectivity index (χ3v) is 3.88. The number of hydrogen-bond acceptors (Lipinski definition) is 6. The van der Waals surface area contributed by atoms with Crippen molar-refractivity contribution in [2.45, 2.75) is 6.04 Å². The second-order valence-electron chi connectivity index (χ2n) is 5.31. The maximum atomic E-state index is 12.2. The Hall–Kier alpha value is -1.41. The van der Waals surface area contributed by atoms with Gasteiger partial charge in [0, 0.05) is 37.8 Å². The lowest BCUT2D eigenvalue weighted by molar-refractivity contribution is 0.0881. The molecule has 1 aliphatic rings. The monoisotopic (exact) mass is 312 g/mol. The van der Waals surface area contributed by atoms with Crippen molar-refractivity contribution in [3.8, 4) is 0 Å². The number of hydrazine groups is 1. The molecule has 116 valence electrons. The first-order chi connectivity index (χ1) is 9.99. The number of rotatable bonds is 4. The van der Waals surface area contributed by atoms with Crippen LogP contribution in [-0.2, 0) is 0 Å². The number of carbonyl (C=O) groups is 1. The van der Waals surface area contributed by atoms with Crippen LogP contribution in [0.3, 0.4) is 0 Å². The third-order valence-electron chi connectivity index (χ3n) is 3.68. The lowest BCUT2D eigenvalue weighted by Gasteiger charge is -2.37. The minimum atomic E-state index is -0.183. The molecular formula is C13H21ClN6O. The average Bonchev–Trinajstić information content (AvgIpc) is 2.47. The number of halogens is 1. The quantitative estimate of drug-likeness (QED) is 0.412. The van der Waals surface area contributed by atoms with Crippen molar-refractivity contribution in [1.82, 2.24) is 20.1 Å². The molecule has 4 N–H and O–H groups in total. The smallest absolute Gasteiger partial charge is 0.251 e. The van der Waals surface area contributed by atoms with Crippen LogP contribution in [0.4, 0.5) is 5.82 Å². The molecule has 0 spiro atoms. The Bertz CT molecular complexity index is 511. The normalized spacial score (nSPS) is 20.3. The van der Waals surface area contributed by atoms with Crippen LogP contribution in [0.2, 0.25) is 5.15 Å². The van der Waals surface area contributed by atoms with E-state index >= 15 is 0 Å². The van der Waals surface area contributed by atoms with E-state index in [1.807, 2.05) is 0 Å². The standard InChI is InChI=1S/C13H21ClN6O/c1-19-3-4-20(2)10(8-19)7-16-13(21)9-5-11(14)17-12(6-9)18-15/h5-6,10H,3-4,7-8,15H2,1-2H3,(H,16,21)(H,17,18). The zero-order valence-corrected chi connectivity index (χ0v) is 13.0. The number of hydrogen-bond donors (Lipinski definition) is 3. The third kappa shape index (κ3) is 4.28. The highest BCUT2D eigenvalue weighted by molar-refractivity contribution is 6.29. The van der Waals surface area contributed by atoms with Gasteiger partial charge in [0.15, 0.2) is 0 Å². The van der Waals surface area contributed by atoms with Crippen molar-refractivity contribution < 1.29 is 4.79 Å². The summed E-state index contributed by atoms with van der Waals surface area (Å²) >= 11 is 5.86. The molecular weight excluding hydrogens is 292 g/mol. The Morgan fingerprint density at radius 3 is 2.95 bits per heavy atom. The number of pyridine rings is 1. The van der Waals surface area contributed by atoms with E-state index in [4.69, 9.17) is 17.4 Å². The van der Waals surface area contributed by atoms with Crippen LogP contribution in [0.25, 0.3) is 0 Å². The fourth-order valence-corrected chi connectivity index (χ4v) is 2.54. The maximum Gasteiger partial charge on any atom is 0.251 e. The number of nitrogens with zero attached hydrogens (tertiary/aromatic N) is 3. The fourth-order valence-electron chi connectivity index (χ4n) is 2.34. The molecule has 1 aromatic rings. The number of likely N-dealkylation sites (N-methyl/N-ethyl adjacent to an activating group) is 2. The van der Waals surface area contributed by atoms with Gasteiger partial charge >= 0.3 is 0 Å². The zero-order valence-electron chi connectivity index (χ0n) is 12.3. The Morgan fingerprint density at radius 1 is 1.48 bits per heavy atom. The molecule has 1 aromatic heterocycles. The lowest BCUT2D eigenvalue weighted by atomic mass is 10.1. The van der Waals surface area contributed by atoms with E-state index in [1.165, 1.54) is 6.07 Å². The minimum absolute atomic E-state index is 0.183. The molecule has 0 saturated carbocycles. The van der Waals surface area contributed by atoms with Gasteiger partial charge in [0.05, 0.1) is 0 Å². The second kappa shape index (κ2) is 7.04. The van der Waals surface area contributed by atoms with Gasteiger partial charge in [-0.2, -0.15) is 0 Å². The van der Waals surface area contributed by atoms with Gasteiger partial charge < -0.3 is 15.6 Å². The summed E-state index contributed by atoms with van der Waals surface area (Å²) in [6, 6.07) is 3.39. The number of amides is 1. The van der Waals surface area contributed by atoms with Crippen molar-refractivity contribution in [2.75, 3.05) is 45.7 Å². The van der Waals surface area contributed by atoms with Crippen molar-refractivity contribution in [3.63, 3.8) is 0 Å². The number of carbonyl (C=O) groups excluding carboxylic acids is 1. The molecule has 0 aliphatic carbocycles. The summed E-state index contributed by atoms with van der Waals surface area (Å²) < 4.78 is 0. The van der Waals surface area contributed by atoms with Crippen molar-refractivity contribution >= 4 is 23.3 Å². The van der Waals surface area contributed by atoms with Crippen molar-refractivity contribution in [2.24, 2.45) is 5.84 Å². The maximum absolute atomic E-state index is 12.2. The molecule has 21 heavy (non-hydrogen) atoms. The van der Waals surface area contributed by atoms with E-state index in [-0.39, 0.29) is 11.1 Å². The number of nitrogens with two attached hydrogens (primary N) is 1. The summed E-state index contributed by atoms with van der Waals surface area (Å²) in [5, 5.41) is 3.16. The van der Waals surface area contributed by atoms with Gasteiger partial charge in [-0.15, -0.1) is 0 Å². The van der Waals surface area contributed by atoms with Crippen molar-refractivity contribution in [3.05, 3.63) is 22.8 Å². The molecule has 8 heteroatoms. The highest BCUT2D eigenvalue weighted by atomic mass is 35.5. The van der Waals surface area contributed by atoms with E-state index in [1.54, 1.807) is 6.07 Å². The van der Waals surface area contributed by atoms with E-state index in [9.17, 15) is 4.79 Å². The number of nitrogen functional groups attached to an aromatic ring is 1. The second-order valence-corrected chi connectivity index (χ2v) is 5.70. The first-order valence-corrected chi connectivity index (χ1v) is 7.18. The molecule has 1 saturated heterocycles. The van der Waals surface area contributed by atoms with Gasteiger partial charge in [-0.3, -0.25) is 9.69 Å². The van der Waals surface area contributed by atoms with Crippen LogP contribution < -0.4 is 16.6 Å². The van der Waals surface area contributed by atoms with E-state index in [0.717, 1.165) is 19.6 Å². The largest absolute Gasteiger partial charge is 0.350 e. The Balaban J connectivity index is 1.96. The van der Waals surface area contributed by atoms with Gasteiger partial charge in [0.1, 0.15) is 11.0 Å². The molecule has 1 atom stereocenters. The SMILES string of the molecule is CN1CCN(C)C(CNC(=O)c2cc(Cl)nc(NN)c2)C1. The van der Waals surface area contributed by atoms with Gasteiger partial charge in [0.2, 0.25) is 0 Å². The molecule has 2 heterocycles. The van der Waals surface area contributed by atoms with Crippen LogP contribution in [-0.4, -0.2) is 67.0 Å². The fraction of sp³-hybridized carbons (Fsp3) is 0.538. The van der Waals surface area contributed by atoms with Crippen LogP contribution >= 0.6 is 11.6 Å². The van der Waals surface area contributed by atoms with Gasteiger partial charge in [-0.1, -0.05) is 11.6 Å². The molecule has 0 radical (unpaired) electrons. The number of piperazine rings is 1. The summed E-state index contributed by atoms with van der Waals surface area (Å²) in [5.41, 5.74) is 2.83. The lowest BCUT2D eigenvalue weighted by Crippen LogP contribution is -2.54. The van der Waals surface area contributed by atoms with Crippen LogP contribution in [0.15, 0.2) is 12.1 Å². The van der Waals surface area contributed by atoms with Crippen molar-refractivity contribution in [1.29, 1.82) is 0 Å². The zero-order chi connectivity index (χ0) is 15.4. The molecule has 1 amide bonds. The molecule has 7 nitrogen and oxygen atoms in total. The topological polar surface area (TPSA) is 86.5 Å². The summed E-state index contributed by atoms with van der Waals surface area (Å²) in [6.45, 7) is 3.57. The number of nitrogens with one attached hydrogen (secondary N) is 2. The number of anilines is 1. The number of aromatic nitrogens is 1. The van der Waals surface area contributed by atoms with Gasteiger partial charge in [-0.05, 0) is 26.2 Å². The molecule has 1 unspecified atom stereocenters. The van der Waals surface area contributed by atoms with E-state index < -0.39 is 0 Å². The van der Waals surface area contributed by atoms with Gasteiger partial charge in [-0.25, -0.2) is 10.8 Å². The average molecular weight is 313 g/mol. The molecule has 2 rings (SSSR count). The molecule has 1 fully saturated rings. The predicted molar refractivity (Wildman–Crippen MR) is 83.3 cm³/mol. The van der Waals surface area contributed by atoms with Crippen LogP contribution in [0.5, 0.6) is 0 Å². The summed E-state index contributed by atoms with van der Waals surface area (Å²) in [7, 11) is 4.16. The summed E-state index contributed by atoms with van der Waals surface area (Å²) in [5.74, 6) is 5.48. The Kier molecular flexibility index (Phi) is 5.35. The van der Waals surface area contributed by atoms with E-state index in [0.29, 0.717) is 24.0 Å². The predicted octanol–water partition coefficient (Wildman–Crippen LogP) is -0.00380. The molecule has 1 aliphatic heterocycles. The van der Waals surface area contributed by atoms with E-state index in [2.05, 4.69) is 39.6 Å². The molecule has 0 aromatic carbocycles. The molecule has 0 bridgehead atoms. The first-order valence-electron chi connectivity index (χ1n) is 6.81. The highest BCUT2D eigenvalue weighted by Gasteiger charge is 2.22. The van der Waals surface area contributed by atoms with Gasteiger partial charge in [0.25, 0.3) is 5.91 Å². The Morgan fingerprint density at radius 2 is 2.24 bits per heavy atom. The van der Waals surface area contributed by atoms with Crippen LogP contribution in [0, 0.1) is 0 Å². The Labute approximate surface area is 129 Å².